The van der Waals surface area contributed by atoms with E-state index in [1.165, 1.54) is 12.5 Å². The predicted octanol–water partition coefficient (Wildman–Crippen LogP) is 0.220. The summed E-state index contributed by atoms with van der Waals surface area (Å²) >= 11 is 0. The van der Waals surface area contributed by atoms with Crippen LogP contribution in [0.5, 0.6) is 0 Å². The summed E-state index contributed by atoms with van der Waals surface area (Å²) in [4.78, 5) is 60.1. The van der Waals surface area contributed by atoms with Gasteiger partial charge in [0, 0.05) is 41.8 Å². The molecule has 2 aromatic heterocycles. The fourth-order valence-corrected chi connectivity index (χ4v) is 3.89. The van der Waals surface area contributed by atoms with Crippen molar-refractivity contribution < 1.29 is 24.3 Å². The lowest BCUT2D eigenvalue weighted by Crippen LogP contribution is -2.57. The van der Waals surface area contributed by atoms with Gasteiger partial charge in [-0.25, -0.2) is 4.98 Å². The number of benzene rings is 1. The lowest BCUT2D eigenvalue weighted by atomic mass is 9.98. The maximum absolute atomic E-state index is 13.4. The summed E-state index contributed by atoms with van der Waals surface area (Å²) in [6, 6.07) is 4.52. The van der Waals surface area contributed by atoms with Crippen LogP contribution < -0.4 is 21.7 Å². The Hall–Kier alpha value is -4.19. The molecule has 8 N–H and O–H groups in total. The number of carbonyl (C=O) groups excluding carboxylic acids is 3. The second-order valence-corrected chi connectivity index (χ2v) is 8.99. The predicted molar refractivity (Wildman–Crippen MR) is 136 cm³/mol. The lowest BCUT2D eigenvalue weighted by Gasteiger charge is -2.25. The van der Waals surface area contributed by atoms with E-state index in [0.29, 0.717) is 12.1 Å². The number of aromatic nitrogens is 3. The van der Waals surface area contributed by atoms with Gasteiger partial charge in [0.2, 0.25) is 17.7 Å². The van der Waals surface area contributed by atoms with Crippen LogP contribution >= 0.6 is 0 Å². The number of nitrogens with one attached hydrogen (secondary N) is 5. The minimum atomic E-state index is -1.21. The molecule has 2 heterocycles. The average Bonchev–Trinajstić information content (AvgIpc) is 3.55. The standard InChI is InChI=1S/C25H33N7O5/c1-3-14(2)22(26)25(37)32-20(9-16-11-27-13-30-16)24(36)31-19(23(35)29-12-21(33)34)8-15-10-28-18-7-5-4-6-17(15)18/h4-7,10-11,13-14,19-20,22,28H,3,8-9,12,26H2,1-2H3,(H,27,30)(H,29,35)(H,31,36)(H,32,37)(H,33,34). The minimum absolute atomic E-state index is 0.0847. The van der Waals surface area contributed by atoms with E-state index in [2.05, 4.69) is 30.9 Å². The molecule has 3 amide bonds. The maximum atomic E-state index is 13.4. The highest BCUT2D eigenvalue weighted by Gasteiger charge is 2.30. The fraction of sp³-hybridized carbons (Fsp3) is 0.400. The molecule has 4 atom stereocenters. The number of hydrogen-bond acceptors (Lipinski definition) is 6. The molecule has 0 aliphatic carbocycles. The Morgan fingerprint density at radius 2 is 1.73 bits per heavy atom. The first kappa shape index (κ1) is 27.4. The van der Waals surface area contributed by atoms with E-state index in [1.54, 1.807) is 6.20 Å². The van der Waals surface area contributed by atoms with Crippen LogP contribution in [0.2, 0.25) is 0 Å². The van der Waals surface area contributed by atoms with Gasteiger partial charge in [-0.3, -0.25) is 19.2 Å². The number of hydrogen-bond donors (Lipinski definition) is 7. The highest BCUT2D eigenvalue weighted by atomic mass is 16.4. The number of H-pyrrole nitrogens is 2. The molecule has 0 spiro atoms. The van der Waals surface area contributed by atoms with Gasteiger partial charge in [0.1, 0.15) is 18.6 Å². The summed E-state index contributed by atoms with van der Waals surface area (Å²) in [5.74, 6) is -3.09. The summed E-state index contributed by atoms with van der Waals surface area (Å²) in [5, 5.41) is 17.6. The molecular weight excluding hydrogens is 478 g/mol. The van der Waals surface area contributed by atoms with Crippen LogP contribution in [0.25, 0.3) is 10.9 Å². The van der Waals surface area contributed by atoms with Gasteiger partial charge < -0.3 is 36.8 Å². The monoisotopic (exact) mass is 511 g/mol. The Kier molecular flexibility index (Phi) is 9.39. The topological polar surface area (TPSA) is 195 Å². The van der Waals surface area contributed by atoms with Gasteiger partial charge in [-0.05, 0) is 17.5 Å². The molecule has 37 heavy (non-hydrogen) atoms. The minimum Gasteiger partial charge on any atom is -0.480 e. The van der Waals surface area contributed by atoms with Crippen LogP contribution in [0.4, 0.5) is 0 Å². The van der Waals surface area contributed by atoms with Gasteiger partial charge in [0.15, 0.2) is 0 Å². The van der Waals surface area contributed by atoms with Crippen molar-refractivity contribution in [2.75, 3.05) is 6.54 Å². The zero-order valence-corrected chi connectivity index (χ0v) is 20.8. The Morgan fingerprint density at radius 1 is 1.03 bits per heavy atom. The number of carboxylic acid groups (broad SMARTS) is 1. The van der Waals surface area contributed by atoms with Crippen molar-refractivity contribution in [2.24, 2.45) is 11.7 Å². The van der Waals surface area contributed by atoms with Gasteiger partial charge in [-0.2, -0.15) is 0 Å². The maximum Gasteiger partial charge on any atom is 0.322 e. The summed E-state index contributed by atoms with van der Waals surface area (Å²) < 4.78 is 0. The number of carbonyl (C=O) groups is 4. The van der Waals surface area contributed by atoms with Crippen LogP contribution in [0.3, 0.4) is 0 Å². The Labute approximate surface area is 213 Å². The molecule has 0 fully saturated rings. The molecule has 3 rings (SSSR count). The first-order valence-electron chi connectivity index (χ1n) is 12.1. The number of rotatable bonds is 13. The number of nitrogens with zero attached hydrogens (tertiary/aromatic N) is 1. The zero-order valence-electron chi connectivity index (χ0n) is 20.8. The fourth-order valence-electron chi connectivity index (χ4n) is 3.89. The highest BCUT2D eigenvalue weighted by molar-refractivity contribution is 5.94. The smallest absolute Gasteiger partial charge is 0.322 e. The molecule has 0 bridgehead atoms. The van der Waals surface area contributed by atoms with Gasteiger partial charge in [-0.1, -0.05) is 38.5 Å². The molecule has 198 valence electrons. The van der Waals surface area contributed by atoms with E-state index < -0.39 is 48.4 Å². The van der Waals surface area contributed by atoms with Crippen molar-refractivity contribution in [3.63, 3.8) is 0 Å². The lowest BCUT2D eigenvalue weighted by molar-refractivity contribution is -0.138. The van der Waals surface area contributed by atoms with Crippen LogP contribution in [0.1, 0.15) is 31.5 Å². The van der Waals surface area contributed by atoms with Crippen LogP contribution in [-0.4, -0.2) is 68.4 Å². The number of para-hydroxylation sites is 1. The molecule has 0 saturated carbocycles. The van der Waals surface area contributed by atoms with Crippen molar-refractivity contribution in [1.82, 2.24) is 30.9 Å². The van der Waals surface area contributed by atoms with E-state index in [4.69, 9.17) is 10.8 Å². The van der Waals surface area contributed by atoms with E-state index in [1.807, 2.05) is 38.1 Å². The average molecular weight is 512 g/mol. The number of fused-ring (bicyclic) bond motifs is 1. The Morgan fingerprint density at radius 3 is 2.41 bits per heavy atom. The van der Waals surface area contributed by atoms with E-state index in [9.17, 15) is 19.2 Å². The molecule has 1 aromatic carbocycles. The van der Waals surface area contributed by atoms with Crippen LogP contribution in [0.15, 0.2) is 43.0 Å². The van der Waals surface area contributed by atoms with E-state index in [0.717, 1.165) is 16.5 Å². The Balaban J connectivity index is 1.83. The molecule has 12 heteroatoms. The number of aliphatic carboxylic acids is 1. The number of aromatic amines is 2. The molecule has 12 nitrogen and oxygen atoms in total. The van der Waals surface area contributed by atoms with Crippen LogP contribution in [-0.2, 0) is 32.0 Å². The molecule has 4 unspecified atom stereocenters. The molecule has 3 aromatic rings. The SMILES string of the molecule is CCC(C)C(N)C(=O)NC(Cc1cnc[nH]1)C(=O)NC(Cc1c[nH]c2ccccc12)C(=O)NCC(=O)O. The summed E-state index contributed by atoms with van der Waals surface area (Å²) in [5.41, 5.74) is 8.29. The summed E-state index contributed by atoms with van der Waals surface area (Å²) in [6.45, 7) is 3.16. The van der Waals surface area contributed by atoms with Gasteiger partial charge in [0.25, 0.3) is 0 Å². The van der Waals surface area contributed by atoms with Crippen molar-refractivity contribution >= 4 is 34.6 Å². The summed E-state index contributed by atoms with van der Waals surface area (Å²) in [7, 11) is 0. The largest absolute Gasteiger partial charge is 0.480 e. The normalized spacial score (nSPS) is 14.4. The molecule has 0 aliphatic rings. The van der Waals surface area contributed by atoms with Crippen LogP contribution in [0, 0.1) is 5.92 Å². The number of imidazole rings is 1. The molecular formula is C25H33N7O5. The zero-order chi connectivity index (χ0) is 26.9. The number of carboxylic acids is 1. The third kappa shape index (κ3) is 7.40. The second-order valence-electron chi connectivity index (χ2n) is 8.99. The van der Waals surface area contributed by atoms with Crippen molar-refractivity contribution in [1.29, 1.82) is 0 Å². The summed E-state index contributed by atoms with van der Waals surface area (Å²) in [6.07, 6.45) is 5.59. The van der Waals surface area contributed by atoms with E-state index >= 15 is 0 Å². The first-order chi connectivity index (χ1) is 17.7. The van der Waals surface area contributed by atoms with Gasteiger partial charge in [-0.15, -0.1) is 0 Å². The van der Waals surface area contributed by atoms with Crippen molar-refractivity contribution in [2.45, 2.75) is 51.2 Å². The molecule has 0 aliphatic heterocycles. The molecule has 0 saturated heterocycles. The number of nitrogens with two attached hydrogens (primary N) is 1. The highest BCUT2D eigenvalue weighted by Crippen LogP contribution is 2.19. The first-order valence-corrected chi connectivity index (χ1v) is 12.1. The van der Waals surface area contributed by atoms with E-state index in [-0.39, 0.29) is 18.8 Å². The Bertz CT molecular complexity index is 1220. The van der Waals surface area contributed by atoms with Gasteiger partial charge in [0.05, 0.1) is 12.4 Å². The van der Waals surface area contributed by atoms with Crippen molar-refractivity contribution in [3.05, 3.63) is 54.2 Å². The third-order valence-electron chi connectivity index (χ3n) is 6.32. The second kappa shape index (κ2) is 12.7. The molecule has 0 radical (unpaired) electrons. The van der Waals surface area contributed by atoms with Gasteiger partial charge >= 0.3 is 5.97 Å². The third-order valence-corrected chi connectivity index (χ3v) is 6.32. The number of amides is 3. The van der Waals surface area contributed by atoms with Crippen molar-refractivity contribution in [3.8, 4) is 0 Å². The quantitative estimate of drug-likeness (QED) is 0.170.